The van der Waals surface area contributed by atoms with Crippen LogP contribution in [0.15, 0.2) is 0 Å². The first kappa shape index (κ1) is 16.4. The van der Waals surface area contributed by atoms with E-state index in [-0.39, 0.29) is 5.97 Å². The maximum absolute atomic E-state index is 11.7. The van der Waals surface area contributed by atoms with Gasteiger partial charge in [-0.05, 0) is 46.6 Å². The minimum Gasteiger partial charge on any atom is -0.459 e. The number of nitrogens with zero attached hydrogens (tertiary/aromatic N) is 1. The van der Waals surface area contributed by atoms with Crippen LogP contribution in [0.25, 0.3) is 0 Å². The summed E-state index contributed by atoms with van der Waals surface area (Å²) in [6.07, 6.45) is 3.19. The molecule has 1 aliphatic heterocycles. The number of hydrogen-bond donors (Lipinski definition) is 1. The predicted molar refractivity (Wildman–Crippen MR) is 74.9 cm³/mol. The van der Waals surface area contributed by atoms with Crippen molar-refractivity contribution in [1.82, 2.24) is 4.90 Å². The first-order valence-corrected chi connectivity index (χ1v) is 7.16. The van der Waals surface area contributed by atoms with Crippen molar-refractivity contribution in [1.29, 1.82) is 0 Å². The van der Waals surface area contributed by atoms with E-state index in [1.807, 2.05) is 20.8 Å². The second-order valence-electron chi connectivity index (χ2n) is 6.07. The van der Waals surface area contributed by atoms with Crippen molar-refractivity contribution in [2.75, 3.05) is 32.8 Å². The van der Waals surface area contributed by atoms with Gasteiger partial charge in [0.25, 0.3) is 0 Å². The summed E-state index contributed by atoms with van der Waals surface area (Å²) in [5.74, 6) is -0.144. The van der Waals surface area contributed by atoms with Gasteiger partial charge in [0.05, 0.1) is 12.6 Å². The fraction of sp³-hybridized carbons (Fsp3) is 0.929. The number of rotatable bonds is 6. The van der Waals surface area contributed by atoms with E-state index in [1.165, 1.54) is 0 Å². The van der Waals surface area contributed by atoms with Gasteiger partial charge in [-0.3, -0.25) is 9.69 Å². The average Bonchev–Trinajstić information content (AvgIpc) is 2.29. The molecule has 2 N–H and O–H groups in total. The molecule has 0 amide bonds. The molecule has 0 aromatic rings. The van der Waals surface area contributed by atoms with Gasteiger partial charge in [0.15, 0.2) is 0 Å². The van der Waals surface area contributed by atoms with Gasteiger partial charge < -0.3 is 15.2 Å². The summed E-state index contributed by atoms with van der Waals surface area (Å²) in [6.45, 7) is 9.27. The molecule has 0 bridgehead atoms. The van der Waals surface area contributed by atoms with Gasteiger partial charge in [-0.25, -0.2) is 0 Å². The van der Waals surface area contributed by atoms with E-state index in [0.717, 1.165) is 39.0 Å². The molecule has 0 saturated carbocycles. The third kappa shape index (κ3) is 7.50. The number of nitrogens with two attached hydrogens (primary N) is 1. The Morgan fingerprint density at radius 3 is 2.47 bits per heavy atom. The van der Waals surface area contributed by atoms with E-state index in [9.17, 15) is 4.79 Å². The molecule has 1 fully saturated rings. The lowest BCUT2D eigenvalue weighted by Gasteiger charge is -2.32. The minimum absolute atomic E-state index is 0.144. The number of carbonyl (C=O) groups excluding carboxylic acids is 1. The minimum atomic E-state index is -0.402. The largest absolute Gasteiger partial charge is 0.459 e. The van der Waals surface area contributed by atoms with E-state index >= 15 is 0 Å². The highest BCUT2D eigenvalue weighted by Gasteiger charge is 2.23. The van der Waals surface area contributed by atoms with Crippen LogP contribution in [0.1, 0.15) is 40.0 Å². The quantitative estimate of drug-likeness (QED) is 0.580. The third-order valence-corrected chi connectivity index (χ3v) is 3.01. The van der Waals surface area contributed by atoms with Crippen molar-refractivity contribution >= 4 is 5.97 Å². The van der Waals surface area contributed by atoms with Crippen molar-refractivity contribution in [3.05, 3.63) is 0 Å². The normalized spacial score (nSPS) is 18.5. The van der Waals surface area contributed by atoms with Crippen molar-refractivity contribution in [2.24, 2.45) is 5.73 Å². The smallest absolute Gasteiger partial charge is 0.320 e. The van der Waals surface area contributed by atoms with Gasteiger partial charge in [-0.2, -0.15) is 0 Å². The van der Waals surface area contributed by atoms with E-state index in [4.69, 9.17) is 15.2 Å². The van der Waals surface area contributed by atoms with Crippen molar-refractivity contribution in [3.63, 3.8) is 0 Å². The molecule has 1 heterocycles. The molecule has 1 aliphatic rings. The maximum atomic E-state index is 11.7. The lowest BCUT2D eigenvalue weighted by Crippen LogP contribution is -2.41. The topological polar surface area (TPSA) is 64.8 Å². The molecule has 5 heteroatoms. The van der Waals surface area contributed by atoms with Crippen LogP contribution in [0, 0.1) is 0 Å². The van der Waals surface area contributed by atoms with Crippen LogP contribution >= 0.6 is 0 Å². The lowest BCUT2D eigenvalue weighted by atomic mass is 10.1. The van der Waals surface area contributed by atoms with Crippen LogP contribution in [0.4, 0.5) is 0 Å². The van der Waals surface area contributed by atoms with Crippen molar-refractivity contribution in [3.8, 4) is 0 Å². The van der Waals surface area contributed by atoms with Crippen LogP contribution < -0.4 is 5.73 Å². The number of ether oxygens (including phenoxy) is 2. The Morgan fingerprint density at radius 1 is 1.32 bits per heavy atom. The first-order chi connectivity index (χ1) is 8.90. The molecule has 0 aliphatic carbocycles. The molecule has 1 saturated heterocycles. The maximum Gasteiger partial charge on any atom is 0.320 e. The fourth-order valence-corrected chi connectivity index (χ4v) is 2.12. The Morgan fingerprint density at radius 2 is 1.95 bits per heavy atom. The highest BCUT2D eigenvalue weighted by molar-refractivity contribution is 5.72. The molecular formula is C14H28N2O3. The summed E-state index contributed by atoms with van der Waals surface area (Å²) in [6, 6.07) is 0. The van der Waals surface area contributed by atoms with Crippen LogP contribution in [0.2, 0.25) is 0 Å². The van der Waals surface area contributed by atoms with Crippen LogP contribution in [-0.4, -0.2) is 55.4 Å². The molecule has 0 spiro atoms. The van der Waals surface area contributed by atoms with Gasteiger partial charge in [-0.1, -0.05) is 0 Å². The highest BCUT2D eigenvalue weighted by Crippen LogP contribution is 2.14. The summed E-state index contributed by atoms with van der Waals surface area (Å²) in [4.78, 5) is 13.8. The Hall–Kier alpha value is -0.650. The zero-order valence-electron chi connectivity index (χ0n) is 12.5. The average molecular weight is 272 g/mol. The predicted octanol–water partition coefficient (Wildman–Crippen LogP) is 1.16. The second kappa shape index (κ2) is 7.82. The Bertz CT molecular complexity index is 268. The molecule has 0 unspecified atom stereocenters. The Balaban J connectivity index is 2.17. The van der Waals surface area contributed by atoms with Gasteiger partial charge >= 0.3 is 5.97 Å². The molecule has 1 rings (SSSR count). The Kier molecular flexibility index (Phi) is 6.75. The number of carbonyl (C=O) groups is 1. The number of esters is 1. The Labute approximate surface area is 116 Å². The van der Waals surface area contributed by atoms with Crippen LogP contribution in [-0.2, 0) is 14.3 Å². The van der Waals surface area contributed by atoms with Crippen molar-refractivity contribution < 1.29 is 14.3 Å². The van der Waals surface area contributed by atoms with Gasteiger partial charge in [0.1, 0.15) is 5.60 Å². The summed E-state index contributed by atoms with van der Waals surface area (Å²) in [5.41, 5.74) is 5.03. The monoisotopic (exact) mass is 272 g/mol. The SMILES string of the molecule is CC(C)(C)OC(=O)CN1CCC(OCCCN)CC1. The summed E-state index contributed by atoms with van der Waals surface area (Å²) in [7, 11) is 0. The van der Waals surface area contributed by atoms with Gasteiger partial charge in [-0.15, -0.1) is 0 Å². The van der Waals surface area contributed by atoms with E-state index in [0.29, 0.717) is 19.2 Å². The molecule has 0 aromatic carbocycles. The van der Waals surface area contributed by atoms with E-state index < -0.39 is 5.60 Å². The molecule has 19 heavy (non-hydrogen) atoms. The summed E-state index contributed by atoms with van der Waals surface area (Å²) >= 11 is 0. The molecule has 0 radical (unpaired) electrons. The van der Waals surface area contributed by atoms with Crippen molar-refractivity contribution in [2.45, 2.75) is 51.7 Å². The molecule has 5 nitrogen and oxygen atoms in total. The first-order valence-electron chi connectivity index (χ1n) is 7.16. The summed E-state index contributed by atoms with van der Waals surface area (Å²) < 4.78 is 11.1. The zero-order valence-corrected chi connectivity index (χ0v) is 12.5. The van der Waals surface area contributed by atoms with E-state index in [1.54, 1.807) is 0 Å². The fourth-order valence-electron chi connectivity index (χ4n) is 2.12. The number of piperidine rings is 1. The van der Waals surface area contributed by atoms with Gasteiger partial charge in [0.2, 0.25) is 0 Å². The molecule has 112 valence electrons. The second-order valence-corrected chi connectivity index (χ2v) is 6.07. The van der Waals surface area contributed by atoms with E-state index in [2.05, 4.69) is 4.90 Å². The standard InChI is InChI=1S/C14H28N2O3/c1-14(2,3)19-13(17)11-16-8-5-12(6-9-16)18-10-4-7-15/h12H,4-11,15H2,1-3H3. The highest BCUT2D eigenvalue weighted by atomic mass is 16.6. The molecular weight excluding hydrogens is 244 g/mol. The summed E-state index contributed by atoms with van der Waals surface area (Å²) in [5, 5.41) is 0. The lowest BCUT2D eigenvalue weighted by molar-refractivity contribution is -0.156. The zero-order chi connectivity index (χ0) is 14.3. The number of hydrogen-bond acceptors (Lipinski definition) is 5. The molecule has 0 atom stereocenters. The van der Waals surface area contributed by atoms with Crippen LogP contribution in [0.5, 0.6) is 0 Å². The molecule has 0 aromatic heterocycles. The third-order valence-electron chi connectivity index (χ3n) is 3.01. The number of likely N-dealkylation sites (tertiary alicyclic amines) is 1. The van der Waals surface area contributed by atoms with Gasteiger partial charge in [0, 0.05) is 19.7 Å². The van der Waals surface area contributed by atoms with Crippen LogP contribution in [0.3, 0.4) is 0 Å².